The second-order valence-electron chi connectivity index (χ2n) is 4.50. The number of rotatable bonds is 11. The van der Waals surface area contributed by atoms with Crippen LogP contribution in [0.25, 0.3) is 0 Å². The van der Waals surface area contributed by atoms with Crippen LogP contribution in [-0.2, 0) is 14.3 Å². The van der Waals surface area contributed by atoms with E-state index in [1.54, 1.807) is 19.2 Å². The van der Waals surface area contributed by atoms with Crippen molar-refractivity contribution in [3.8, 4) is 0 Å². The van der Waals surface area contributed by atoms with E-state index in [4.69, 9.17) is 43.2 Å². The van der Waals surface area contributed by atoms with Gasteiger partial charge in [-0.25, -0.2) is 0 Å². The monoisotopic (exact) mass is 348 g/mol. The molecule has 2 N–H and O–H groups in total. The molecule has 22 heavy (non-hydrogen) atoms. The molecule has 0 saturated carbocycles. The highest BCUT2D eigenvalue weighted by atomic mass is 35.5. The van der Waals surface area contributed by atoms with Gasteiger partial charge in [0.25, 0.3) is 0 Å². The first-order chi connectivity index (χ1) is 10.7. The topological polar surface area (TPSA) is 66.1 Å². The fraction of sp³-hybridized carbons (Fsp3) is 0.533. The summed E-state index contributed by atoms with van der Waals surface area (Å²) in [6.45, 7) is 2.58. The molecule has 0 heterocycles. The molecule has 1 aromatic carbocycles. The van der Waals surface area contributed by atoms with E-state index in [0.29, 0.717) is 49.4 Å². The van der Waals surface area contributed by atoms with Crippen molar-refractivity contribution in [2.75, 3.05) is 40.1 Å². The maximum Gasteiger partial charge on any atom is 0.129 e. The number of nitrogens with zero attached hydrogens (tertiary/aromatic N) is 1. The fourth-order valence-electron chi connectivity index (χ4n) is 1.68. The lowest BCUT2D eigenvalue weighted by Gasteiger charge is -2.09. The first-order valence-electron chi connectivity index (χ1n) is 7.10. The van der Waals surface area contributed by atoms with Gasteiger partial charge >= 0.3 is 0 Å². The minimum atomic E-state index is 0.370. The van der Waals surface area contributed by atoms with E-state index in [1.807, 2.05) is 6.07 Å². The fourth-order valence-corrected chi connectivity index (χ4v) is 1.98. The zero-order valence-corrected chi connectivity index (χ0v) is 14.2. The Morgan fingerprint density at radius 2 is 1.95 bits per heavy atom. The Balaban J connectivity index is 2.59. The highest BCUT2D eigenvalue weighted by Gasteiger charge is 2.08. The van der Waals surface area contributed by atoms with E-state index < -0.39 is 0 Å². The summed E-state index contributed by atoms with van der Waals surface area (Å²) in [7, 11) is 1.65. The van der Waals surface area contributed by atoms with Crippen LogP contribution in [0.3, 0.4) is 0 Å². The SMILES string of the molecule is COCCOCCCC(=NOCCN)c1ccc(Cl)c(Cl)c1. The number of nitrogens with two attached hydrogens (primary N) is 1. The predicted octanol–water partition coefficient (Wildman–Crippen LogP) is 3.12. The van der Waals surface area contributed by atoms with E-state index in [1.165, 1.54) is 0 Å². The van der Waals surface area contributed by atoms with Crippen LogP contribution >= 0.6 is 23.2 Å². The summed E-state index contributed by atoms with van der Waals surface area (Å²) in [5.74, 6) is 0. The van der Waals surface area contributed by atoms with E-state index in [0.717, 1.165) is 17.7 Å². The molecular weight excluding hydrogens is 327 g/mol. The molecule has 0 aliphatic carbocycles. The molecule has 0 aliphatic heterocycles. The van der Waals surface area contributed by atoms with Crippen molar-refractivity contribution < 1.29 is 14.3 Å². The predicted molar refractivity (Wildman–Crippen MR) is 89.9 cm³/mol. The number of halogens is 2. The van der Waals surface area contributed by atoms with Gasteiger partial charge in [-0.2, -0.15) is 0 Å². The molecule has 1 rings (SSSR count). The van der Waals surface area contributed by atoms with Crippen LogP contribution in [-0.4, -0.2) is 45.8 Å². The van der Waals surface area contributed by atoms with Crippen LogP contribution in [0.1, 0.15) is 18.4 Å². The van der Waals surface area contributed by atoms with Crippen LogP contribution < -0.4 is 5.73 Å². The Hall–Kier alpha value is -0.850. The number of oxime groups is 1. The maximum atomic E-state index is 6.05. The third-order valence-corrected chi connectivity index (χ3v) is 3.51. The van der Waals surface area contributed by atoms with Crippen molar-refractivity contribution in [2.24, 2.45) is 10.9 Å². The molecule has 0 atom stereocenters. The average Bonchev–Trinajstić information content (AvgIpc) is 2.52. The van der Waals surface area contributed by atoms with Gasteiger partial charge in [0.1, 0.15) is 6.61 Å². The van der Waals surface area contributed by atoms with Crippen LogP contribution in [0.15, 0.2) is 23.4 Å². The molecule has 0 saturated heterocycles. The van der Waals surface area contributed by atoms with E-state index in [2.05, 4.69) is 5.16 Å². The van der Waals surface area contributed by atoms with Crippen molar-refractivity contribution in [1.29, 1.82) is 0 Å². The number of methoxy groups -OCH3 is 1. The van der Waals surface area contributed by atoms with Gasteiger partial charge in [-0.1, -0.05) is 34.4 Å². The lowest BCUT2D eigenvalue weighted by molar-refractivity contribution is 0.0699. The Bertz CT molecular complexity index is 470. The van der Waals surface area contributed by atoms with Gasteiger partial charge in [0, 0.05) is 25.8 Å². The summed E-state index contributed by atoms with van der Waals surface area (Å²) in [4.78, 5) is 5.19. The standard InChI is InChI=1S/C15H22Cl2N2O3/c1-20-9-10-21-7-2-3-15(19-22-8-6-18)12-4-5-13(16)14(17)11-12/h4-5,11H,2-3,6-10,18H2,1H3. The minimum absolute atomic E-state index is 0.370. The minimum Gasteiger partial charge on any atom is -0.394 e. The van der Waals surface area contributed by atoms with E-state index in [-0.39, 0.29) is 0 Å². The molecule has 0 fully saturated rings. The average molecular weight is 349 g/mol. The highest BCUT2D eigenvalue weighted by molar-refractivity contribution is 6.42. The Morgan fingerprint density at radius 1 is 1.14 bits per heavy atom. The number of ether oxygens (including phenoxy) is 2. The Kier molecular flexibility index (Phi) is 10.2. The van der Waals surface area contributed by atoms with Gasteiger partial charge in [0.05, 0.1) is 29.0 Å². The summed E-state index contributed by atoms with van der Waals surface area (Å²) in [6.07, 6.45) is 1.52. The van der Waals surface area contributed by atoms with Crippen molar-refractivity contribution >= 4 is 28.9 Å². The second kappa shape index (κ2) is 11.7. The summed E-state index contributed by atoms with van der Waals surface area (Å²) in [5, 5.41) is 5.14. The smallest absolute Gasteiger partial charge is 0.129 e. The molecule has 7 heteroatoms. The zero-order valence-electron chi connectivity index (χ0n) is 12.7. The molecular formula is C15H22Cl2N2O3. The summed E-state index contributed by atoms with van der Waals surface area (Å²) < 4.78 is 10.4. The van der Waals surface area contributed by atoms with Gasteiger partial charge in [0.2, 0.25) is 0 Å². The molecule has 0 bridgehead atoms. The third kappa shape index (κ3) is 7.42. The van der Waals surface area contributed by atoms with Crippen LogP contribution in [0.2, 0.25) is 10.0 Å². The second-order valence-corrected chi connectivity index (χ2v) is 5.31. The summed E-state index contributed by atoms with van der Waals surface area (Å²) >= 11 is 12.0. The molecule has 1 aromatic rings. The Morgan fingerprint density at radius 3 is 2.64 bits per heavy atom. The lowest BCUT2D eigenvalue weighted by atomic mass is 10.1. The summed E-state index contributed by atoms with van der Waals surface area (Å²) in [5.41, 5.74) is 7.07. The quantitative estimate of drug-likeness (QED) is 0.379. The molecule has 0 spiro atoms. The molecule has 0 radical (unpaired) electrons. The molecule has 0 aromatic heterocycles. The number of hydrogen-bond donors (Lipinski definition) is 1. The van der Waals surface area contributed by atoms with Gasteiger partial charge in [0.15, 0.2) is 0 Å². The summed E-state index contributed by atoms with van der Waals surface area (Å²) in [6, 6.07) is 5.39. The van der Waals surface area contributed by atoms with Gasteiger partial charge < -0.3 is 20.0 Å². The van der Waals surface area contributed by atoms with Gasteiger partial charge in [-0.3, -0.25) is 0 Å². The van der Waals surface area contributed by atoms with Gasteiger partial charge in [-0.15, -0.1) is 0 Å². The first-order valence-corrected chi connectivity index (χ1v) is 7.85. The Labute approximate surface area is 141 Å². The van der Waals surface area contributed by atoms with Crippen LogP contribution in [0, 0.1) is 0 Å². The number of benzene rings is 1. The van der Waals surface area contributed by atoms with Crippen molar-refractivity contribution in [3.63, 3.8) is 0 Å². The van der Waals surface area contributed by atoms with Crippen molar-refractivity contribution in [3.05, 3.63) is 33.8 Å². The maximum absolute atomic E-state index is 6.05. The molecule has 5 nitrogen and oxygen atoms in total. The van der Waals surface area contributed by atoms with Crippen molar-refractivity contribution in [1.82, 2.24) is 0 Å². The van der Waals surface area contributed by atoms with E-state index in [9.17, 15) is 0 Å². The molecule has 0 unspecified atom stereocenters. The van der Waals surface area contributed by atoms with Crippen LogP contribution in [0.5, 0.6) is 0 Å². The normalized spacial score (nSPS) is 11.7. The lowest BCUT2D eigenvalue weighted by Crippen LogP contribution is -2.10. The largest absolute Gasteiger partial charge is 0.394 e. The third-order valence-electron chi connectivity index (χ3n) is 2.77. The van der Waals surface area contributed by atoms with Gasteiger partial charge in [-0.05, 0) is 25.0 Å². The molecule has 0 amide bonds. The zero-order chi connectivity index (χ0) is 16.2. The number of hydrogen-bond acceptors (Lipinski definition) is 5. The molecule has 124 valence electrons. The van der Waals surface area contributed by atoms with Crippen LogP contribution in [0.4, 0.5) is 0 Å². The highest BCUT2D eigenvalue weighted by Crippen LogP contribution is 2.23. The van der Waals surface area contributed by atoms with E-state index >= 15 is 0 Å². The first kappa shape index (κ1) is 19.2. The van der Waals surface area contributed by atoms with Crippen molar-refractivity contribution in [2.45, 2.75) is 12.8 Å². The molecule has 0 aliphatic rings.